The fourth-order valence-electron chi connectivity index (χ4n) is 2.57. The van der Waals surface area contributed by atoms with Crippen LogP contribution in [0.25, 0.3) is 10.9 Å². The van der Waals surface area contributed by atoms with E-state index in [1.54, 1.807) is 49.5 Å². The van der Waals surface area contributed by atoms with Crippen LogP contribution in [0.15, 0.2) is 53.6 Å². The highest BCUT2D eigenvalue weighted by molar-refractivity contribution is 7.90. The molecule has 2 N–H and O–H groups in total. The number of anilines is 1. The average molecular weight is 408 g/mol. The molecule has 2 aromatic carbocycles. The third-order valence-electron chi connectivity index (χ3n) is 3.69. The van der Waals surface area contributed by atoms with Gasteiger partial charge in [-0.3, -0.25) is 4.98 Å². The summed E-state index contributed by atoms with van der Waals surface area (Å²) in [5.41, 5.74) is 1.72. The Morgan fingerprint density at radius 2 is 1.96 bits per heavy atom. The van der Waals surface area contributed by atoms with E-state index in [-0.39, 0.29) is 4.90 Å². The van der Waals surface area contributed by atoms with E-state index in [9.17, 15) is 13.2 Å². The number of hydrogen-bond donors (Lipinski definition) is 2. The van der Waals surface area contributed by atoms with Crippen molar-refractivity contribution in [1.82, 2.24) is 9.71 Å². The number of rotatable bonds is 3. The first-order valence-electron chi connectivity index (χ1n) is 7.51. The van der Waals surface area contributed by atoms with Crippen molar-refractivity contribution in [1.29, 1.82) is 0 Å². The van der Waals surface area contributed by atoms with Gasteiger partial charge in [0.25, 0.3) is 10.0 Å². The quantitative estimate of drug-likeness (QED) is 0.652. The van der Waals surface area contributed by atoms with Crippen LogP contribution in [0.5, 0.6) is 0 Å². The molecule has 6 nitrogen and oxygen atoms in total. The van der Waals surface area contributed by atoms with Crippen LogP contribution in [0.2, 0.25) is 5.02 Å². The number of benzene rings is 2. The zero-order valence-electron chi connectivity index (χ0n) is 13.7. The van der Waals surface area contributed by atoms with E-state index in [0.717, 1.165) is 0 Å². The molecule has 1 unspecified atom stereocenters. The fourth-order valence-corrected chi connectivity index (χ4v) is 4.56. The molecule has 0 spiro atoms. The molecule has 1 atom stereocenters. The third-order valence-corrected chi connectivity index (χ3v) is 5.75. The smallest absolute Gasteiger partial charge is 0.306 e. The van der Waals surface area contributed by atoms with Crippen molar-refractivity contribution in [2.45, 2.75) is 11.8 Å². The highest BCUT2D eigenvalue weighted by Gasteiger charge is 2.21. The first kappa shape index (κ1) is 18.6. The summed E-state index contributed by atoms with van der Waals surface area (Å²) in [5.74, 6) is 0. The Bertz CT molecular complexity index is 1090. The molecular formula is C17H15ClN3O3PS. The molecule has 3 rings (SSSR count). The zero-order chi connectivity index (χ0) is 18.9. The molecule has 3 aromatic rings. The summed E-state index contributed by atoms with van der Waals surface area (Å²) in [6.07, 6.45) is 1.57. The van der Waals surface area contributed by atoms with Gasteiger partial charge in [-0.1, -0.05) is 17.7 Å². The molecule has 9 heteroatoms. The van der Waals surface area contributed by atoms with Gasteiger partial charge in [-0.05, 0) is 54.2 Å². The lowest BCUT2D eigenvalue weighted by Crippen LogP contribution is -2.35. The number of sulfonamides is 1. The predicted molar refractivity (Wildman–Crippen MR) is 107 cm³/mol. The van der Waals surface area contributed by atoms with Crippen LogP contribution < -0.4 is 15.3 Å². The normalized spacial score (nSPS) is 11.3. The second-order valence-electron chi connectivity index (χ2n) is 5.57. The standard InChI is InChI=1S/C17H15ClN3O3PS/c1-10-8-11(18)9-14(25)16(10)20-17(22)21-26(23,24)15-6-2-5-13-12(15)4-3-7-19-13/h2-9H,25H2,1H3,(H2,20,21,22). The van der Waals surface area contributed by atoms with Crippen molar-refractivity contribution in [2.75, 3.05) is 5.32 Å². The summed E-state index contributed by atoms with van der Waals surface area (Å²) >= 11 is 5.96. The molecule has 26 heavy (non-hydrogen) atoms. The Balaban J connectivity index is 1.89. The van der Waals surface area contributed by atoms with E-state index in [1.165, 1.54) is 6.07 Å². The molecule has 0 saturated carbocycles. The number of nitrogens with zero attached hydrogens (tertiary/aromatic N) is 1. The largest absolute Gasteiger partial charge is 0.333 e. The van der Waals surface area contributed by atoms with Crippen molar-refractivity contribution in [3.05, 3.63) is 59.2 Å². The van der Waals surface area contributed by atoms with Gasteiger partial charge in [-0.25, -0.2) is 17.9 Å². The monoisotopic (exact) mass is 407 g/mol. The predicted octanol–water partition coefficient (Wildman–Crippen LogP) is 3.21. The Hall–Kier alpha value is -2.21. The Labute approximate surface area is 158 Å². The van der Waals surface area contributed by atoms with E-state index in [0.29, 0.717) is 32.5 Å². The molecule has 134 valence electrons. The Morgan fingerprint density at radius 3 is 2.69 bits per heavy atom. The molecule has 1 heterocycles. The average Bonchev–Trinajstić information content (AvgIpc) is 2.57. The summed E-state index contributed by atoms with van der Waals surface area (Å²) in [6, 6.07) is 10.4. The minimum absolute atomic E-state index is 0.0165. The van der Waals surface area contributed by atoms with Gasteiger partial charge in [-0.15, -0.1) is 9.24 Å². The summed E-state index contributed by atoms with van der Waals surface area (Å²) in [7, 11) is -1.62. The van der Waals surface area contributed by atoms with Crippen LogP contribution in [0, 0.1) is 6.92 Å². The lowest BCUT2D eigenvalue weighted by molar-refractivity contribution is 0.256. The second-order valence-corrected chi connectivity index (χ2v) is 8.28. The van der Waals surface area contributed by atoms with Gasteiger partial charge in [-0.2, -0.15) is 0 Å². The lowest BCUT2D eigenvalue weighted by Gasteiger charge is -2.14. The first-order chi connectivity index (χ1) is 12.3. The number of hydrogen-bond acceptors (Lipinski definition) is 4. The Morgan fingerprint density at radius 1 is 1.19 bits per heavy atom. The van der Waals surface area contributed by atoms with Gasteiger partial charge in [0.2, 0.25) is 0 Å². The number of nitrogens with one attached hydrogen (secondary N) is 2. The van der Waals surface area contributed by atoms with Gasteiger partial charge in [0.15, 0.2) is 0 Å². The molecule has 0 radical (unpaired) electrons. The van der Waals surface area contributed by atoms with E-state index in [1.807, 2.05) is 4.72 Å². The topological polar surface area (TPSA) is 88.2 Å². The molecule has 0 fully saturated rings. The van der Waals surface area contributed by atoms with E-state index in [4.69, 9.17) is 11.6 Å². The zero-order valence-corrected chi connectivity index (χ0v) is 16.4. The molecule has 0 aliphatic heterocycles. The maximum atomic E-state index is 12.6. The number of amides is 2. The third kappa shape index (κ3) is 3.80. The second kappa shape index (κ2) is 7.19. The number of urea groups is 1. The van der Waals surface area contributed by atoms with Crippen molar-refractivity contribution >= 4 is 58.8 Å². The van der Waals surface area contributed by atoms with Crippen molar-refractivity contribution in [2.24, 2.45) is 0 Å². The van der Waals surface area contributed by atoms with E-state index in [2.05, 4.69) is 19.5 Å². The number of halogens is 1. The highest BCUT2D eigenvalue weighted by atomic mass is 35.5. The maximum Gasteiger partial charge on any atom is 0.333 e. The van der Waals surface area contributed by atoms with Crippen LogP contribution in [0.1, 0.15) is 5.56 Å². The molecule has 0 bridgehead atoms. The minimum atomic E-state index is -4.07. The summed E-state index contributed by atoms with van der Waals surface area (Å²) in [5, 5.41) is 4.16. The fraction of sp³-hybridized carbons (Fsp3) is 0.0588. The maximum absolute atomic E-state index is 12.6. The van der Waals surface area contributed by atoms with Gasteiger partial charge in [0.05, 0.1) is 16.1 Å². The summed E-state index contributed by atoms with van der Waals surface area (Å²) < 4.78 is 27.3. The number of aromatic nitrogens is 1. The number of carbonyl (C=O) groups excluding carboxylic acids is 1. The number of fused-ring (bicyclic) bond motifs is 1. The molecule has 1 aromatic heterocycles. The van der Waals surface area contributed by atoms with E-state index < -0.39 is 16.1 Å². The number of pyridine rings is 1. The summed E-state index contributed by atoms with van der Waals surface area (Å²) in [6.45, 7) is 1.76. The molecular weight excluding hydrogens is 393 g/mol. The molecule has 0 saturated heterocycles. The highest BCUT2D eigenvalue weighted by Crippen LogP contribution is 2.22. The lowest BCUT2D eigenvalue weighted by atomic mass is 10.2. The van der Waals surface area contributed by atoms with Gasteiger partial charge in [0.1, 0.15) is 0 Å². The molecule has 0 aliphatic carbocycles. The van der Waals surface area contributed by atoms with E-state index >= 15 is 0 Å². The van der Waals surface area contributed by atoms with Crippen molar-refractivity contribution < 1.29 is 13.2 Å². The Kier molecular flexibility index (Phi) is 5.14. The van der Waals surface area contributed by atoms with Gasteiger partial charge < -0.3 is 5.32 Å². The van der Waals surface area contributed by atoms with Crippen molar-refractivity contribution in [3.8, 4) is 0 Å². The van der Waals surface area contributed by atoms with Gasteiger partial charge in [0, 0.05) is 16.6 Å². The van der Waals surface area contributed by atoms with Crippen molar-refractivity contribution in [3.63, 3.8) is 0 Å². The van der Waals surface area contributed by atoms with Crippen LogP contribution in [-0.2, 0) is 10.0 Å². The first-order valence-corrected chi connectivity index (χ1v) is 9.95. The minimum Gasteiger partial charge on any atom is -0.306 e. The number of aryl methyl sites for hydroxylation is 1. The molecule has 0 aliphatic rings. The molecule has 2 amide bonds. The number of carbonyl (C=O) groups is 1. The van der Waals surface area contributed by atoms with Crippen LogP contribution in [0.4, 0.5) is 10.5 Å². The summed E-state index contributed by atoms with van der Waals surface area (Å²) in [4.78, 5) is 16.4. The van der Waals surface area contributed by atoms with Crippen LogP contribution in [-0.4, -0.2) is 19.4 Å². The van der Waals surface area contributed by atoms with Crippen LogP contribution in [0.3, 0.4) is 0 Å². The van der Waals surface area contributed by atoms with Crippen LogP contribution >= 0.6 is 20.8 Å². The van der Waals surface area contributed by atoms with Gasteiger partial charge >= 0.3 is 6.03 Å². The SMILES string of the molecule is Cc1cc(Cl)cc(P)c1NC(=O)NS(=O)(=O)c1cccc2ncccc12.